The maximum absolute atomic E-state index is 12.9. The van der Waals surface area contributed by atoms with E-state index in [1.54, 1.807) is 42.5 Å². The van der Waals surface area contributed by atoms with Crippen molar-refractivity contribution < 1.29 is 13.2 Å². The van der Waals surface area contributed by atoms with E-state index >= 15 is 0 Å². The summed E-state index contributed by atoms with van der Waals surface area (Å²) in [5.41, 5.74) is 3.37. The van der Waals surface area contributed by atoms with Gasteiger partial charge in [0.15, 0.2) is 0 Å². The lowest BCUT2D eigenvalue weighted by Crippen LogP contribution is -2.30. The molecule has 6 nitrogen and oxygen atoms in total. The molecule has 3 aromatic carbocycles. The number of amides is 2. The van der Waals surface area contributed by atoms with Crippen LogP contribution in [0, 0.1) is 0 Å². The first-order valence-electron chi connectivity index (χ1n) is 9.83. The van der Waals surface area contributed by atoms with Gasteiger partial charge < -0.3 is 10.6 Å². The van der Waals surface area contributed by atoms with E-state index in [1.165, 1.54) is 4.31 Å². The largest absolute Gasteiger partial charge is 0.338 e. The van der Waals surface area contributed by atoms with Crippen LogP contribution in [0.2, 0.25) is 0 Å². The molecule has 154 valence electrons. The highest BCUT2D eigenvalue weighted by molar-refractivity contribution is 7.92. The highest BCUT2D eigenvalue weighted by Crippen LogP contribution is 2.34. The van der Waals surface area contributed by atoms with Crippen molar-refractivity contribution in [3.8, 4) is 0 Å². The topological polar surface area (TPSA) is 78.5 Å². The number of hydrogen-bond donors (Lipinski definition) is 2. The van der Waals surface area contributed by atoms with Gasteiger partial charge in [-0.3, -0.25) is 4.31 Å². The van der Waals surface area contributed by atoms with Crippen molar-refractivity contribution in [2.24, 2.45) is 0 Å². The minimum Gasteiger partial charge on any atom is -0.338 e. The molecule has 0 saturated carbocycles. The van der Waals surface area contributed by atoms with Crippen molar-refractivity contribution in [3.05, 3.63) is 90.0 Å². The maximum atomic E-state index is 12.9. The standard InChI is InChI=1S/C23H23N3O3S/c27-23(24-15-13-18-7-3-1-4-8-18)25-20-11-12-22-19(17-20)14-16-26(22)30(28,29)21-9-5-2-6-10-21/h1-12,17H,13-16H2,(H2,24,25,27). The number of urea groups is 1. The van der Waals surface area contributed by atoms with E-state index < -0.39 is 10.0 Å². The van der Waals surface area contributed by atoms with Crippen LogP contribution < -0.4 is 14.9 Å². The van der Waals surface area contributed by atoms with E-state index in [0.717, 1.165) is 17.5 Å². The van der Waals surface area contributed by atoms with Crippen molar-refractivity contribution in [1.29, 1.82) is 0 Å². The van der Waals surface area contributed by atoms with Crippen LogP contribution in [0.3, 0.4) is 0 Å². The Hall–Kier alpha value is -3.32. The Morgan fingerprint density at radius 2 is 1.63 bits per heavy atom. The molecule has 0 spiro atoms. The third kappa shape index (κ3) is 4.31. The summed E-state index contributed by atoms with van der Waals surface area (Å²) in [4.78, 5) is 12.5. The Balaban J connectivity index is 1.39. The summed E-state index contributed by atoms with van der Waals surface area (Å²) >= 11 is 0. The van der Waals surface area contributed by atoms with Gasteiger partial charge in [-0.25, -0.2) is 13.2 Å². The summed E-state index contributed by atoms with van der Waals surface area (Å²) in [6.45, 7) is 0.920. The number of sulfonamides is 1. The zero-order chi connectivity index (χ0) is 21.0. The van der Waals surface area contributed by atoms with Crippen LogP contribution in [-0.4, -0.2) is 27.5 Å². The van der Waals surface area contributed by atoms with E-state index in [9.17, 15) is 13.2 Å². The second-order valence-corrected chi connectivity index (χ2v) is 8.96. The molecular formula is C23H23N3O3S. The fourth-order valence-electron chi connectivity index (χ4n) is 3.56. The van der Waals surface area contributed by atoms with Crippen molar-refractivity contribution in [2.45, 2.75) is 17.7 Å². The smallest absolute Gasteiger partial charge is 0.319 e. The molecule has 0 fully saturated rings. The average molecular weight is 422 g/mol. The second kappa shape index (κ2) is 8.59. The molecule has 1 aliphatic heterocycles. The summed E-state index contributed by atoms with van der Waals surface area (Å²) < 4.78 is 27.3. The van der Waals surface area contributed by atoms with Crippen molar-refractivity contribution in [3.63, 3.8) is 0 Å². The number of fused-ring (bicyclic) bond motifs is 1. The minimum absolute atomic E-state index is 0.276. The van der Waals surface area contributed by atoms with Gasteiger partial charge in [-0.2, -0.15) is 0 Å². The molecule has 1 heterocycles. The second-order valence-electron chi connectivity index (χ2n) is 7.10. The molecule has 2 amide bonds. The van der Waals surface area contributed by atoms with Gasteiger partial charge in [0.05, 0.1) is 10.6 Å². The van der Waals surface area contributed by atoms with Crippen LogP contribution in [0.1, 0.15) is 11.1 Å². The summed E-state index contributed by atoms with van der Waals surface area (Å²) in [6.07, 6.45) is 1.36. The summed E-state index contributed by atoms with van der Waals surface area (Å²) in [5.74, 6) is 0. The first-order chi connectivity index (χ1) is 14.5. The van der Waals surface area contributed by atoms with Gasteiger partial charge in [0, 0.05) is 18.8 Å². The molecule has 0 unspecified atom stereocenters. The van der Waals surface area contributed by atoms with Crippen molar-refractivity contribution >= 4 is 27.4 Å². The van der Waals surface area contributed by atoms with E-state index in [2.05, 4.69) is 10.6 Å². The number of carbonyl (C=O) groups is 1. The van der Waals surface area contributed by atoms with Gasteiger partial charge in [0.1, 0.15) is 0 Å². The lowest BCUT2D eigenvalue weighted by atomic mass is 10.1. The number of nitrogens with one attached hydrogen (secondary N) is 2. The van der Waals surface area contributed by atoms with Crippen LogP contribution in [0.15, 0.2) is 83.8 Å². The van der Waals surface area contributed by atoms with Crippen LogP contribution in [0.25, 0.3) is 0 Å². The maximum Gasteiger partial charge on any atom is 0.319 e. The SMILES string of the molecule is O=C(NCCc1ccccc1)Nc1ccc2c(c1)CCN2S(=O)(=O)c1ccccc1. The van der Waals surface area contributed by atoms with E-state index in [1.807, 2.05) is 36.4 Å². The fourth-order valence-corrected chi connectivity index (χ4v) is 5.08. The molecule has 0 aromatic heterocycles. The monoisotopic (exact) mass is 421 g/mol. The molecule has 3 aromatic rings. The Kier molecular flexibility index (Phi) is 5.72. The molecule has 2 N–H and O–H groups in total. The van der Waals surface area contributed by atoms with Gasteiger partial charge in [-0.1, -0.05) is 48.5 Å². The molecule has 0 radical (unpaired) electrons. The Labute approximate surface area is 176 Å². The lowest BCUT2D eigenvalue weighted by Gasteiger charge is -2.19. The average Bonchev–Trinajstić information content (AvgIpc) is 3.19. The molecule has 4 rings (SSSR count). The zero-order valence-electron chi connectivity index (χ0n) is 16.4. The van der Waals surface area contributed by atoms with Gasteiger partial charge in [0.2, 0.25) is 0 Å². The Bertz CT molecular complexity index is 1130. The first-order valence-corrected chi connectivity index (χ1v) is 11.3. The number of carbonyl (C=O) groups excluding carboxylic acids is 1. The zero-order valence-corrected chi connectivity index (χ0v) is 17.2. The third-order valence-electron chi connectivity index (χ3n) is 5.06. The van der Waals surface area contributed by atoms with Crippen LogP contribution in [0.4, 0.5) is 16.2 Å². The number of hydrogen-bond acceptors (Lipinski definition) is 3. The summed E-state index contributed by atoms with van der Waals surface area (Å²) in [5, 5.41) is 5.67. The van der Waals surface area contributed by atoms with E-state index in [4.69, 9.17) is 0 Å². The molecular weight excluding hydrogens is 398 g/mol. The van der Waals surface area contributed by atoms with Gasteiger partial charge in [-0.05, 0) is 54.3 Å². The molecule has 0 bridgehead atoms. The first kappa shape index (κ1) is 20.0. The highest BCUT2D eigenvalue weighted by Gasteiger charge is 2.30. The molecule has 1 aliphatic rings. The van der Waals surface area contributed by atoms with Gasteiger partial charge in [0.25, 0.3) is 10.0 Å². The predicted octanol–water partition coefficient (Wildman–Crippen LogP) is 3.80. The number of anilines is 2. The summed E-state index contributed by atoms with van der Waals surface area (Å²) in [7, 11) is -3.59. The van der Waals surface area contributed by atoms with Crippen LogP contribution in [0.5, 0.6) is 0 Å². The predicted molar refractivity (Wildman–Crippen MR) is 118 cm³/mol. The quantitative estimate of drug-likeness (QED) is 0.635. The lowest BCUT2D eigenvalue weighted by molar-refractivity contribution is 0.252. The highest BCUT2D eigenvalue weighted by atomic mass is 32.2. The van der Waals surface area contributed by atoms with Crippen LogP contribution in [-0.2, 0) is 22.9 Å². The van der Waals surface area contributed by atoms with Crippen molar-refractivity contribution in [1.82, 2.24) is 5.32 Å². The van der Waals surface area contributed by atoms with E-state index in [0.29, 0.717) is 30.9 Å². The normalized spacial score (nSPS) is 13.0. The minimum atomic E-state index is -3.59. The van der Waals surface area contributed by atoms with Crippen LogP contribution >= 0.6 is 0 Å². The molecule has 0 aliphatic carbocycles. The van der Waals surface area contributed by atoms with Crippen molar-refractivity contribution in [2.75, 3.05) is 22.7 Å². The Morgan fingerprint density at radius 3 is 2.37 bits per heavy atom. The van der Waals surface area contributed by atoms with Gasteiger partial charge in [-0.15, -0.1) is 0 Å². The summed E-state index contributed by atoms with van der Waals surface area (Å²) in [6, 6.07) is 23.4. The fraction of sp³-hybridized carbons (Fsp3) is 0.174. The molecule has 0 saturated heterocycles. The van der Waals surface area contributed by atoms with Gasteiger partial charge >= 0.3 is 6.03 Å². The molecule has 30 heavy (non-hydrogen) atoms. The Morgan fingerprint density at radius 1 is 0.933 bits per heavy atom. The molecule has 7 heteroatoms. The number of nitrogens with zero attached hydrogens (tertiary/aromatic N) is 1. The third-order valence-corrected chi connectivity index (χ3v) is 6.89. The number of rotatable bonds is 6. The number of benzene rings is 3. The van der Waals surface area contributed by atoms with E-state index in [-0.39, 0.29) is 10.9 Å². The molecule has 0 atom stereocenters.